The number of carbonyl (C=O) groups excluding carboxylic acids is 1. The summed E-state index contributed by atoms with van der Waals surface area (Å²) in [4.78, 5) is 20.2. The number of rotatable bonds is 19. The Morgan fingerprint density at radius 3 is 1.92 bits per heavy atom. The fourth-order valence-electron chi connectivity index (χ4n) is 2.85. The topological polar surface area (TPSA) is 76.0 Å². The highest BCUT2D eigenvalue weighted by molar-refractivity contribution is 5.68. The molecule has 0 saturated heterocycles. The Balaban J connectivity index is 3.19. The van der Waals surface area contributed by atoms with Gasteiger partial charge in [-0.3, -0.25) is 4.89 Å². The Labute approximate surface area is 154 Å². The quantitative estimate of drug-likeness (QED) is 0.199. The van der Waals surface area contributed by atoms with E-state index >= 15 is 0 Å². The zero-order valence-corrected chi connectivity index (χ0v) is 16.2. The van der Waals surface area contributed by atoms with Crippen LogP contribution in [0.15, 0.2) is 0 Å². The van der Waals surface area contributed by atoms with Gasteiger partial charge in [0.15, 0.2) is 0 Å². The number of unbranched alkanes of at least 4 members (excludes halogenated alkanes) is 10. The summed E-state index contributed by atoms with van der Waals surface area (Å²) in [5.74, 6) is -0.360. The van der Waals surface area contributed by atoms with Crippen LogP contribution in [0.2, 0.25) is 0 Å². The fraction of sp³-hybridized carbons (Fsp3) is 0.950. The van der Waals surface area contributed by atoms with Gasteiger partial charge >= 0.3 is 5.97 Å². The zero-order valence-electron chi connectivity index (χ0n) is 16.2. The van der Waals surface area contributed by atoms with Crippen molar-refractivity contribution in [3.8, 4) is 0 Å². The van der Waals surface area contributed by atoms with Crippen LogP contribution in [-0.2, 0) is 14.6 Å². The largest absolute Gasteiger partial charge is 0.394 e. The SMILES string of the molecule is CCCCCCC(O)CCCCCCCCCCC(=O)OOCCO. The van der Waals surface area contributed by atoms with Crippen LogP contribution < -0.4 is 0 Å². The van der Waals surface area contributed by atoms with Crippen LogP contribution in [0.5, 0.6) is 0 Å². The Morgan fingerprint density at radius 2 is 1.36 bits per heavy atom. The first-order chi connectivity index (χ1) is 12.2. The average Bonchev–Trinajstić information content (AvgIpc) is 2.60. The van der Waals surface area contributed by atoms with E-state index in [0.717, 1.165) is 44.9 Å². The lowest BCUT2D eigenvalue weighted by atomic mass is 10.0. The van der Waals surface area contributed by atoms with Crippen molar-refractivity contribution in [2.45, 2.75) is 109 Å². The molecule has 0 saturated carbocycles. The zero-order chi connectivity index (χ0) is 18.6. The molecule has 0 aromatic heterocycles. The molecule has 150 valence electrons. The summed E-state index contributed by atoms with van der Waals surface area (Å²) in [6, 6.07) is 0. The molecule has 0 aliphatic heterocycles. The first-order valence-electron chi connectivity index (χ1n) is 10.3. The summed E-state index contributed by atoms with van der Waals surface area (Å²) in [6.45, 7) is 2.09. The summed E-state index contributed by atoms with van der Waals surface area (Å²) in [6.07, 6.45) is 16.2. The maximum Gasteiger partial charge on any atom is 0.342 e. The fourth-order valence-corrected chi connectivity index (χ4v) is 2.85. The Bertz CT molecular complexity index is 283. The molecule has 1 unspecified atom stereocenters. The van der Waals surface area contributed by atoms with Crippen molar-refractivity contribution in [3.05, 3.63) is 0 Å². The van der Waals surface area contributed by atoms with Gasteiger partial charge in [0.05, 0.1) is 12.7 Å². The molecule has 25 heavy (non-hydrogen) atoms. The Kier molecular flexibility index (Phi) is 19.2. The van der Waals surface area contributed by atoms with Gasteiger partial charge in [-0.15, -0.1) is 0 Å². The molecule has 5 nitrogen and oxygen atoms in total. The summed E-state index contributed by atoms with van der Waals surface area (Å²) in [5.41, 5.74) is 0. The van der Waals surface area contributed by atoms with E-state index in [4.69, 9.17) is 5.11 Å². The number of carbonyl (C=O) groups is 1. The van der Waals surface area contributed by atoms with E-state index in [0.29, 0.717) is 6.42 Å². The van der Waals surface area contributed by atoms with Crippen molar-refractivity contribution in [1.29, 1.82) is 0 Å². The second-order valence-corrected chi connectivity index (χ2v) is 6.87. The molecule has 0 heterocycles. The third-order valence-electron chi connectivity index (χ3n) is 4.39. The molecule has 1 atom stereocenters. The summed E-state index contributed by atoms with van der Waals surface area (Å²) in [7, 11) is 0. The lowest BCUT2D eigenvalue weighted by molar-refractivity contribution is -0.275. The molecule has 0 bridgehead atoms. The van der Waals surface area contributed by atoms with Crippen molar-refractivity contribution in [2.24, 2.45) is 0 Å². The molecule has 0 spiro atoms. The van der Waals surface area contributed by atoms with E-state index in [1.165, 1.54) is 44.9 Å². The highest BCUT2D eigenvalue weighted by atomic mass is 17.2. The van der Waals surface area contributed by atoms with Crippen LogP contribution >= 0.6 is 0 Å². The smallest absolute Gasteiger partial charge is 0.342 e. The second kappa shape index (κ2) is 19.7. The van der Waals surface area contributed by atoms with Crippen molar-refractivity contribution < 1.29 is 24.8 Å². The van der Waals surface area contributed by atoms with Crippen LogP contribution in [0.4, 0.5) is 0 Å². The normalized spacial score (nSPS) is 12.3. The van der Waals surface area contributed by atoms with Gasteiger partial charge in [0.1, 0.15) is 6.61 Å². The molecule has 0 aromatic carbocycles. The standard InChI is InChI=1S/C20H40O5/c1-2-3-4-11-14-19(22)15-12-9-7-5-6-8-10-13-16-20(23)25-24-18-17-21/h19,21-22H,2-18H2,1H3. The molecule has 0 fully saturated rings. The predicted molar refractivity (Wildman–Crippen MR) is 100 cm³/mol. The minimum absolute atomic E-state index is 0.0294. The van der Waals surface area contributed by atoms with Crippen molar-refractivity contribution in [3.63, 3.8) is 0 Å². The van der Waals surface area contributed by atoms with E-state index in [1.54, 1.807) is 0 Å². The van der Waals surface area contributed by atoms with Gasteiger partial charge in [-0.25, -0.2) is 4.79 Å². The van der Waals surface area contributed by atoms with E-state index < -0.39 is 0 Å². The van der Waals surface area contributed by atoms with Gasteiger partial charge in [0, 0.05) is 6.42 Å². The van der Waals surface area contributed by atoms with Crippen molar-refractivity contribution >= 4 is 5.97 Å². The molecular formula is C20H40O5. The summed E-state index contributed by atoms with van der Waals surface area (Å²) >= 11 is 0. The Morgan fingerprint density at radius 1 is 0.840 bits per heavy atom. The van der Waals surface area contributed by atoms with Crippen molar-refractivity contribution in [2.75, 3.05) is 13.2 Å². The minimum Gasteiger partial charge on any atom is -0.394 e. The van der Waals surface area contributed by atoms with Crippen LogP contribution in [0.25, 0.3) is 0 Å². The molecular weight excluding hydrogens is 320 g/mol. The third-order valence-corrected chi connectivity index (χ3v) is 4.39. The average molecular weight is 361 g/mol. The number of aliphatic hydroxyl groups is 2. The lowest BCUT2D eigenvalue weighted by Crippen LogP contribution is -2.07. The van der Waals surface area contributed by atoms with Gasteiger partial charge < -0.3 is 10.2 Å². The molecule has 0 aliphatic rings. The summed E-state index contributed by atoms with van der Waals surface area (Å²) in [5, 5.41) is 18.4. The molecule has 0 radical (unpaired) electrons. The van der Waals surface area contributed by atoms with Gasteiger partial charge in [0.2, 0.25) is 0 Å². The highest BCUT2D eigenvalue weighted by Crippen LogP contribution is 2.14. The number of hydrogen-bond donors (Lipinski definition) is 2. The second-order valence-electron chi connectivity index (χ2n) is 6.87. The maximum atomic E-state index is 11.2. The van der Waals surface area contributed by atoms with E-state index in [1.807, 2.05) is 0 Å². The van der Waals surface area contributed by atoms with E-state index in [9.17, 15) is 9.90 Å². The van der Waals surface area contributed by atoms with Crippen LogP contribution in [0.1, 0.15) is 103 Å². The maximum absolute atomic E-state index is 11.2. The van der Waals surface area contributed by atoms with Gasteiger partial charge in [0.25, 0.3) is 0 Å². The van der Waals surface area contributed by atoms with E-state index in [2.05, 4.69) is 16.7 Å². The molecule has 0 aliphatic carbocycles. The molecule has 0 rings (SSSR count). The van der Waals surface area contributed by atoms with Gasteiger partial charge in [-0.05, 0) is 19.3 Å². The van der Waals surface area contributed by atoms with Crippen LogP contribution in [-0.4, -0.2) is 35.5 Å². The lowest BCUT2D eigenvalue weighted by Gasteiger charge is -2.10. The Hall–Kier alpha value is -0.650. The first kappa shape index (κ1) is 24.4. The third kappa shape index (κ3) is 19.5. The van der Waals surface area contributed by atoms with Crippen LogP contribution in [0, 0.1) is 0 Å². The number of hydrogen-bond acceptors (Lipinski definition) is 5. The highest BCUT2D eigenvalue weighted by Gasteiger charge is 2.04. The van der Waals surface area contributed by atoms with Crippen molar-refractivity contribution in [1.82, 2.24) is 0 Å². The molecule has 0 amide bonds. The molecule has 2 N–H and O–H groups in total. The summed E-state index contributed by atoms with van der Waals surface area (Å²) < 4.78 is 0. The van der Waals surface area contributed by atoms with E-state index in [-0.39, 0.29) is 25.3 Å². The predicted octanol–water partition coefficient (Wildman–Crippen LogP) is 4.69. The molecule has 5 heteroatoms. The first-order valence-corrected chi connectivity index (χ1v) is 10.3. The van der Waals surface area contributed by atoms with Gasteiger partial charge in [-0.1, -0.05) is 77.6 Å². The monoisotopic (exact) mass is 360 g/mol. The minimum atomic E-state index is -0.360. The number of aliphatic hydroxyl groups excluding tert-OH is 2. The molecule has 0 aromatic rings. The van der Waals surface area contributed by atoms with Crippen LogP contribution in [0.3, 0.4) is 0 Å². The van der Waals surface area contributed by atoms with Gasteiger partial charge in [-0.2, -0.15) is 4.89 Å².